The molecule has 0 amide bonds. The van der Waals surface area contributed by atoms with Gasteiger partial charge in [0.1, 0.15) is 0 Å². The van der Waals surface area contributed by atoms with Crippen molar-refractivity contribution < 1.29 is 0 Å². The highest BCUT2D eigenvalue weighted by Crippen LogP contribution is 2.09. The maximum absolute atomic E-state index is 4.35. The number of nitrogens with zero attached hydrogens (tertiary/aromatic N) is 2. The lowest BCUT2D eigenvalue weighted by atomic mass is 10.1. The third-order valence-corrected chi connectivity index (χ3v) is 2.92. The van der Waals surface area contributed by atoms with E-state index in [1.807, 2.05) is 12.4 Å². The van der Waals surface area contributed by atoms with Crippen LogP contribution in [0.2, 0.25) is 0 Å². The van der Waals surface area contributed by atoms with Crippen molar-refractivity contribution in [3.63, 3.8) is 0 Å². The van der Waals surface area contributed by atoms with Crippen LogP contribution in [0.1, 0.15) is 31.7 Å². The molecule has 1 saturated heterocycles. The Morgan fingerprint density at radius 1 is 1.31 bits per heavy atom. The summed E-state index contributed by atoms with van der Waals surface area (Å²) in [4.78, 5) is 8.70. The van der Waals surface area contributed by atoms with E-state index in [1.54, 1.807) is 0 Å². The van der Waals surface area contributed by atoms with Gasteiger partial charge in [-0.2, -0.15) is 0 Å². The van der Waals surface area contributed by atoms with Crippen molar-refractivity contribution in [1.82, 2.24) is 15.3 Å². The molecule has 0 aromatic carbocycles. The summed E-state index contributed by atoms with van der Waals surface area (Å²) in [5.74, 6) is 0.770. The molecule has 1 fully saturated rings. The van der Waals surface area contributed by atoms with Gasteiger partial charge in [-0.3, -0.25) is 0 Å². The molecule has 1 aromatic rings. The first-order valence-electron chi connectivity index (χ1n) is 6.16. The monoisotopic (exact) mass is 220 g/mol. The largest absolute Gasteiger partial charge is 0.351 e. The Kier molecular flexibility index (Phi) is 4.10. The smallest absolute Gasteiger partial charge is 0.222 e. The van der Waals surface area contributed by atoms with Crippen molar-refractivity contribution in [2.45, 2.75) is 38.6 Å². The van der Waals surface area contributed by atoms with E-state index in [4.69, 9.17) is 0 Å². The van der Waals surface area contributed by atoms with Gasteiger partial charge in [-0.25, -0.2) is 9.97 Å². The molecule has 1 aliphatic heterocycles. The van der Waals surface area contributed by atoms with Crippen LogP contribution >= 0.6 is 0 Å². The molecule has 0 bridgehead atoms. The zero-order valence-corrected chi connectivity index (χ0v) is 9.87. The number of anilines is 1. The van der Waals surface area contributed by atoms with Crippen LogP contribution in [0.4, 0.5) is 5.95 Å². The maximum atomic E-state index is 4.35. The third kappa shape index (κ3) is 3.17. The minimum Gasteiger partial charge on any atom is -0.351 e. The number of hydrogen-bond acceptors (Lipinski definition) is 4. The average Bonchev–Trinajstić information content (AvgIpc) is 2.33. The van der Waals surface area contributed by atoms with Crippen LogP contribution in [0.15, 0.2) is 12.4 Å². The highest BCUT2D eigenvalue weighted by Gasteiger charge is 2.13. The molecule has 0 radical (unpaired) electrons. The van der Waals surface area contributed by atoms with Crippen LogP contribution in [0, 0.1) is 0 Å². The van der Waals surface area contributed by atoms with Gasteiger partial charge in [0.15, 0.2) is 0 Å². The summed E-state index contributed by atoms with van der Waals surface area (Å²) >= 11 is 0. The van der Waals surface area contributed by atoms with E-state index >= 15 is 0 Å². The molecule has 1 aromatic heterocycles. The zero-order valence-electron chi connectivity index (χ0n) is 9.87. The van der Waals surface area contributed by atoms with Gasteiger partial charge < -0.3 is 10.6 Å². The van der Waals surface area contributed by atoms with Gasteiger partial charge in [-0.15, -0.1) is 0 Å². The lowest BCUT2D eigenvalue weighted by Gasteiger charge is -2.23. The van der Waals surface area contributed by atoms with Gasteiger partial charge in [0, 0.05) is 18.4 Å². The number of aromatic nitrogens is 2. The molecule has 2 heterocycles. The summed E-state index contributed by atoms with van der Waals surface area (Å²) in [5, 5.41) is 6.73. The Hall–Kier alpha value is -1.16. The van der Waals surface area contributed by atoms with Crippen LogP contribution in [-0.2, 0) is 6.42 Å². The van der Waals surface area contributed by atoms with E-state index in [2.05, 4.69) is 27.5 Å². The van der Waals surface area contributed by atoms with E-state index in [0.717, 1.165) is 44.7 Å². The predicted molar refractivity (Wildman–Crippen MR) is 65.5 cm³/mol. The second kappa shape index (κ2) is 5.80. The first-order valence-corrected chi connectivity index (χ1v) is 6.16. The van der Waals surface area contributed by atoms with Crippen LogP contribution in [-0.4, -0.2) is 29.1 Å². The quantitative estimate of drug-likeness (QED) is 0.809. The molecular weight excluding hydrogens is 200 g/mol. The summed E-state index contributed by atoms with van der Waals surface area (Å²) in [6.07, 6.45) is 8.37. The Morgan fingerprint density at radius 3 is 2.62 bits per heavy atom. The Morgan fingerprint density at radius 2 is 2.00 bits per heavy atom. The summed E-state index contributed by atoms with van der Waals surface area (Å²) in [7, 11) is 0. The Labute approximate surface area is 96.9 Å². The van der Waals surface area contributed by atoms with Crippen LogP contribution < -0.4 is 10.6 Å². The molecule has 0 unspecified atom stereocenters. The molecule has 0 saturated carbocycles. The first-order chi connectivity index (χ1) is 7.88. The molecule has 88 valence electrons. The van der Waals surface area contributed by atoms with E-state index in [0.29, 0.717) is 6.04 Å². The molecule has 0 aliphatic carbocycles. The molecule has 4 heteroatoms. The molecule has 0 spiro atoms. The van der Waals surface area contributed by atoms with Gasteiger partial charge in [0.25, 0.3) is 0 Å². The molecule has 0 atom stereocenters. The van der Waals surface area contributed by atoms with E-state index < -0.39 is 0 Å². The standard InChI is InChI=1S/C12H20N4/c1-2-3-10-8-14-12(15-9-10)16-11-4-6-13-7-5-11/h8-9,11,13H,2-7H2,1H3,(H,14,15,16). The van der Waals surface area contributed by atoms with Gasteiger partial charge in [0.05, 0.1) is 0 Å². The van der Waals surface area contributed by atoms with Gasteiger partial charge >= 0.3 is 0 Å². The highest BCUT2D eigenvalue weighted by atomic mass is 15.1. The second-order valence-electron chi connectivity index (χ2n) is 4.33. The Bertz CT molecular complexity index is 303. The fraction of sp³-hybridized carbons (Fsp3) is 0.667. The van der Waals surface area contributed by atoms with Crippen LogP contribution in [0.5, 0.6) is 0 Å². The van der Waals surface area contributed by atoms with Crippen molar-refractivity contribution in [2.24, 2.45) is 0 Å². The number of rotatable bonds is 4. The average molecular weight is 220 g/mol. The zero-order chi connectivity index (χ0) is 11.2. The van der Waals surface area contributed by atoms with Gasteiger partial charge in [-0.05, 0) is 37.9 Å². The van der Waals surface area contributed by atoms with Crippen molar-refractivity contribution in [2.75, 3.05) is 18.4 Å². The van der Waals surface area contributed by atoms with Gasteiger partial charge in [-0.1, -0.05) is 13.3 Å². The number of aryl methyl sites for hydroxylation is 1. The van der Waals surface area contributed by atoms with Crippen LogP contribution in [0.3, 0.4) is 0 Å². The third-order valence-electron chi connectivity index (χ3n) is 2.92. The minimum atomic E-state index is 0.526. The van der Waals surface area contributed by atoms with Gasteiger partial charge in [0.2, 0.25) is 5.95 Å². The van der Waals surface area contributed by atoms with E-state index in [1.165, 1.54) is 5.56 Å². The highest BCUT2D eigenvalue weighted by molar-refractivity contribution is 5.26. The minimum absolute atomic E-state index is 0.526. The normalized spacial score (nSPS) is 17.3. The number of piperidine rings is 1. The molecule has 4 nitrogen and oxygen atoms in total. The van der Waals surface area contributed by atoms with Crippen molar-refractivity contribution >= 4 is 5.95 Å². The van der Waals surface area contributed by atoms with Crippen molar-refractivity contribution in [3.8, 4) is 0 Å². The fourth-order valence-corrected chi connectivity index (χ4v) is 2.00. The molecule has 2 N–H and O–H groups in total. The SMILES string of the molecule is CCCc1cnc(NC2CCNCC2)nc1. The summed E-state index contributed by atoms with van der Waals surface area (Å²) in [6.45, 7) is 4.35. The van der Waals surface area contributed by atoms with E-state index in [9.17, 15) is 0 Å². The predicted octanol–water partition coefficient (Wildman–Crippen LogP) is 1.59. The number of hydrogen-bond donors (Lipinski definition) is 2. The second-order valence-corrected chi connectivity index (χ2v) is 4.33. The number of nitrogens with one attached hydrogen (secondary N) is 2. The topological polar surface area (TPSA) is 49.8 Å². The summed E-state index contributed by atoms with van der Waals surface area (Å²) in [6, 6.07) is 0.526. The van der Waals surface area contributed by atoms with E-state index in [-0.39, 0.29) is 0 Å². The summed E-state index contributed by atoms with van der Waals surface area (Å²) < 4.78 is 0. The fourth-order valence-electron chi connectivity index (χ4n) is 2.00. The van der Waals surface area contributed by atoms with Crippen LogP contribution in [0.25, 0.3) is 0 Å². The lowest BCUT2D eigenvalue weighted by molar-refractivity contribution is 0.477. The lowest BCUT2D eigenvalue weighted by Crippen LogP contribution is -2.35. The maximum Gasteiger partial charge on any atom is 0.222 e. The molecule has 1 aliphatic rings. The molecule has 16 heavy (non-hydrogen) atoms. The van der Waals surface area contributed by atoms with Crippen molar-refractivity contribution in [1.29, 1.82) is 0 Å². The molecule has 2 rings (SSSR count). The summed E-state index contributed by atoms with van der Waals surface area (Å²) in [5.41, 5.74) is 1.22. The van der Waals surface area contributed by atoms with Crippen molar-refractivity contribution in [3.05, 3.63) is 18.0 Å². The first kappa shape index (κ1) is 11.3. The Balaban J connectivity index is 1.88. The molecular formula is C12H20N4.